The average Bonchev–Trinajstić information content (AvgIpc) is 2.31. The lowest BCUT2D eigenvalue weighted by Crippen LogP contribution is -1.96. The van der Waals surface area contributed by atoms with Gasteiger partial charge in [-0.3, -0.25) is 0 Å². The summed E-state index contributed by atoms with van der Waals surface area (Å²) in [6.07, 6.45) is 0.785. The highest BCUT2D eigenvalue weighted by Crippen LogP contribution is 2.30. The molecule has 0 aromatic heterocycles. The third kappa shape index (κ3) is 3.81. The Balaban J connectivity index is 2.16. The van der Waals surface area contributed by atoms with E-state index in [-0.39, 0.29) is 10.6 Å². The summed E-state index contributed by atoms with van der Waals surface area (Å²) in [6.45, 7) is 0. The van der Waals surface area contributed by atoms with Gasteiger partial charge >= 0.3 is 0 Å². The minimum atomic E-state index is -0.236. The molecule has 0 bridgehead atoms. The van der Waals surface area contributed by atoms with Crippen molar-refractivity contribution in [2.45, 2.75) is 11.2 Å². The second kappa shape index (κ2) is 6.18. The molecule has 2 rings (SSSR count). The lowest BCUT2D eigenvalue weighted by Gasteiger charge is -2.11. The Bertz CT molecular complexity index is 520. The molecule has 94 valence electrons. The molecule has 0 fully saturated rings. The van der Waals surface area contributed by atoms with Gasteiger partial charge in [0, 0.05) is 14.3 Å². The van der Waals surface area contributed by atoms with Crippen molar-refractivity contribution >= 4 is 43.5 Å². The SMILES string of the molecule is Fc1cc(Br)cc(C(Br)Cc2ccc(Cl)cc2)c1. The molecule has 0 heterocycles. The third-order valence-corrected chi connectivity index (χ3v) is 4.14. The van der Waals surface area contributed by atoms with Crippen LogP contribution in [0, 0.1) is 5.82 Å². The lowest BCUT2D eigenvalue weighted by molar-refractivity contribution is 0.624. The predicted molar refractivity (Wildman–Crippen MR) is 80.9 cm³/mol. The van der Waals surface area contributed by atoms with E-state index < -0.39 is 0 Å². The van der Waals surface area contributed by atoms with Gasteiger partial charge in [0.2, 0.25) is 0 Å². The molecule has 0 radical (unpaired) electrons. The fraction of sp³-hybridized carbons (Fsp3) is 0.143. The van der Waals surface area contributed by atoms with E-state index in [0.717, 1.165) is 27.0 Å². The molecule has 0 aliphatic carbocycles. The second-order valence-electron chi connectivity index (χ2n) is 4.00. The van der Waals surface area contributed by atoms with Crippen molar-refractivity contribution in [1.29, 1.82) is 0 Å². The number of rotatable bonds is 3. The molecule has 0 N–H and O–H groups in total. The predicted octanol–water partition coefficient (Wildman–Crippen LogP) is 5.92. The highest BCUT2D eigenvalue weighted by Gasteiger charge is 2.10. The number of benzene rings is 2. The summed E-state index contributed by atoms with van der Waals surface area (Å²) < 4.78 is 14.1. The van der Waals surface area contributed by atoms with Gasteiger partial charge in [0.25, 0.3) is 0 Å². The van der Waals surface area contributed by atoms with Gasteiger partial charge in [-0.25, -0.2) is 4.39 Å². The van der Waals surface area contributed by atoms with Crippen LogP contribution >= 0.6 is 43.5 Å². The maximum absolute atomic E-state index is 13.3. The van der Waals surface area contributed by atoms with Crippen LogP contribution in [0.5, 0.6) is 0 Å². The summed E-state index contributed by atoms with van der Waals surface area (Å²) in [4.78, 5) is 0.0747. The van der Waals surface area contributed by atoms with Gasteiger partial charge in [0.05, 0.1) is 0 Å². The highest BCUT2D eigenvalue weighted by molar-refractivity contribution is 9.10. The van der Waals surface area contributed by atoms with Crippen molar-refractivity contribution in [2.75, 3.05) is 0 Å². The van der Waals surface area contributed by atoms with E-state index in [2.05, 4.69) is 31.9 Å². The first-order valence-electron chi connectivity index (χ1n) is 5.39. The number of halogens is 4. The molecular formula is C14H10Br2ClF. The number of alkyl halides is 1. The molecule has 0 saturated heterocycles. The molecule has 0 aliphatic heterocycles. The molecule has 1 unspecified atom stereocenters. The summed E-state index contributed by atoms with van der Waals surface area (Å²) in [5.74, 6) is -0.236. The fourth-order valence-corrected chi connectivity index (χ4v) is 2.95. The van der Waals surface area contributed by atoms with E-state index in [4.69, 9.17) is 11.6 Å². The van der Waals surface area contributed by atoms with Gasteiger partial charge in [-0.05, 0) is 47.9 Å². The molecule has 1 atom stereocenters. The third-order valence-electron chi connectivity index (χ3n) is 2.57. The van der Waals surface area contributed by atoms with E-state index in [0.29, 0.717) is 0 Å². The van der Waals surface area contributed by atoms with Gasteiger partial charge in [0.1, 0.15) is 5.82 Å². The van der Waals surface area contributed by atoms with E-state index >= 15 is 0 Å². The highest BCUT2D eigenvalue weighted by atomic mass is 79.9. The van der Waals surface area contributed by atoms with E-state index in [1.54, 1.807) is 6.07 Å². The van der Waals surface area contributed by atoms with Crippen LogP contribution in [-0.2, 0) is 6.42 Å². The normalized spacial score (nSPS) is 12.4. The molecule has 0 aliphatic rings. The van der Waals surface area contributed by atoms with Gasteiger partial charge in [-0.1, -0.05) is 55.6 Å². The fourth-order valence-electron chi connectivity index (χ4n) is 1.70. The minimum Gasteiger partial charge on any atom is -0.207 e. The summed E-state index contributed by atoms with van der Waals surface area (Å²) in [6, 6.07) is 12.6. The standard InChI is InChI=1S/C14H10Br2ClF/c15-11-6-10(7-13(18)8-11)14(16)5-9-1-3-12(17)4-2-9/h1-4,6-8,14H,5H2. The lowest BCUT2D eigenvalue weighted by atomic mass is 10.0. The Morgan fingerprint density at radius 2 is 1.78 bits per heavy atom. The Kier molecular flexibility index (Phi) is 4.82. The van der Waals surface area contributed by atoms with Crippen LogP contribution in [0.4, 0.5) is 4.39 Å². The van der Waals surface area contributed by atoms with Crippen LogP contribution in [0.2, 0.25) is 5.02 Å². The molecule has 4 heteroatoms. The maximum Gasteiger partial charge on any atom is 0.124 e. The summed E-state index contributed by atoms with van der Waals surface area (Å²) in [5.41, 5.74) is 2.07. The van der Waals surface area contributed by atoms with Crippen molar-refractivity contribution < 1.29 is 4.39 Å². The molecule has 18 heavy (non-hydrogen) atoms. The van der Waals surface area contributed by atoms with Crippen molar-refractivity contribution in [2.24, 2.45) is 0 Å². The molecule has 0 saturated carbocycles. The Labute approximate surface area is 127 Å². The van der Waals surface area contributed by atoms with Crippen molar-refractivity contribution in [3.63, 3.8) is 0 Å². The smallest absolute Gasteiger partial charge is 0.124 e. The van der Waals surface area contributed by atoms with Crippen molar-refractivity contribution in [3.05, 3.63) is 68.9 Å². The van der Waals surface area contributed by atoms with E-state index in [9.17, 15) is 4.39 Å². The maximum atomic E-state index is 13.3. The zero-order valence-corrected chi connectivity index (χ0v) is 13.3. The van der Waals surface area contributed by atoms with Gasteiger partial charge in [0.15, 0.2) is 0 Å². The van der Waals surface area contributed by atoms with Crippen molar-refractivity contribution in [3.8, 4) is 0 Å². The molecule has 0 amide bonds. The van der Waals surface area contributed by atoms with Gasteiger partial charge in [-0.2, -0.15) is 0 Å². The van der Waals surface area contributed by atoms with E-state index in [1.807, 2.05) is 30.3 Å². The molecular weight excluding hydrogens is 382 g/mol. The van der Waals surface area contributed by atoms with E-state index in [1.165, 1.54) is 6.07 Å². The summed E-state index contributed by atoms with van der Waals surface area (Å²) >= 11 is 12.7. The van der Waals surface area contributed by atoms with Crippen LogP contribution in [0.3, 0.4) is 0 Å². The molecule has 0 spiro atoms. The first kappa shape index (κ1) is 14.0. The van der Waals surface area contributed by atoms with Crippen LogP contribution in [-0.4, -0.2) is 0 Å². The summed E-state index contributed by atoms with van der Waals surface area (Å²) in [7, 11) is 0. The van der Waals surface area contributed by atoms with Gasteiger partial charge in [-0.15, -0.1) is 0 Å². The molecule has 2 aromatic carbocycles. The zero-order valence-electron chi connectivity index (χ0n) is 9.34. The van der Waals surface area contributed by atoms with Crippen LogP contribution in [0.1, 0.15) is 16.0 Å². The van der Waals surface area contributed by atoms with Crippen LogP contribution in [0.15, 0.2) is 46.9 Å². The second-order valence-corrected chi connectivity index (χ2v) is 6.46. The largest absolute Gasteiger partial charge is 0.207 e. The quantitative estimate of drug-likeness (QED) is 0.569. The van der Waals surface area contributed by atoms with Crippen LogP contribution < -0.4 is 0 Å². The zero-order chi connectivity index (χ0) is 13.1. The van der Waals surface area contributed by atoms with Gasteiger partial charge < -0.3 is 0 Å². The first-order chi connectivity index (χ1) is 8.54. The number of hydrogen-bond donors (Lipinski definition) is 0. The summed E-state index contributed by atoms with van der Waals surface area (Å²) in [5, 5.41) is 0.721. The van der Waals surface area contributed by atoms with Crippen LogP contribution in [0.25, 0.3) is 0 Å². The Hall–Kier alpha value is -0.380. The minimum absolute atomic E-state index is 0.0747. The first-order valence-corrected chi connectivity index (χ1v) is 7.48. The monoisotopic (exact) mass is 390 g/mol. The van der Waals surface area contributed by atoms with Crippen molar-refractivity contribution in [1.82, 2.24) is 0 Å². The number of hydrogen-bond acceptors (Lipinski definition) is 0. The Morgan fingerprint density at radius 1 is 1.11 bits per heavy atom. The average molecular weight is 392 g/mol. The Morgan fingerprint density at radius 3 is 2.39 bits per heavy atom. The molecule has 0 nitrogen and oxygen atoms in total. The topological polar surface area (TPSA) is 0 Å². The molecule has 2 aromatic rings.